The van der Waals surface area contributed by atoms with Gasteiger partial charge in [0.05, 0.1) is 22.3 Å². The molecular weight excluding hydrogens is 473 g/mol. The summed E-state index contributed by atoms with van der Waals surface area (Å²) in [6, 6.07) is 2.46. The van der Waals surface area contributed by atoms with E-state index in [4.69, 9.17) is 11.6 Å². The minimum atomic E-state index is -4.71. The highest BCUT2D eigenvalue weighted by atomic mass is 35.5. The van der Waals surface area contributed by atoms with E-state index in [1.165, 1.54) is 25.3 Å². The van der Waals surface area contributed by atoms with E-state index in [-0.39, 0.29) is 27.6 Å². The molecule has 0 radical (unpaired) electrons. The van der Waals surface area contributed by atoms with Gasteiger partial charge in [0, 0.05) is 24.0 Å². The molecule has 34 heavy (non-hydrogen) atoms. The zero-order chi connectivity index (χ0) is 24.6. The molecule has 1 aliphatic carbocycles. The van der Waals surface area contributed by atoms with Gasteiger partial charge in [-0.15, -0.1) is 0 Å². The molecule has 0 aliphatic heterocycles. The molecule has 4 rings (SSSR count). The molecule has 0 bridgehead atoms. The quantitative estimate of drug-likeness (QED) is 0.482. The number of rotatable bonds is 5. The normalized spacial score (nSPS) is 15.1. The number of carbonyl (C=O) groups is 1. The second-order valence-electron chi connectivity index (χ2n) is 8.05. The Morgan fingerprint density at radius 2 is 2.03 bits per heavy atom. The van der Waals surface area contributed by atoms with Gasteiger partial charge in [-0.05, 0) is 50.3 Å². The topological polar surface area (TPSA) is 96.6 Å². The lowest BCUT2D eigenvalue weighted by atomic mass is 9.97. The van der Waals surface area contributed by atoms with Crippen LogP contribution in [0.1, 0.15) is 65.8 Å². The van der Waals surface area contributed by atoms with Crippen LogP contribution in [0.4, 0.5) is 19.0 Å². The van der Waals surface area contributed by atoms with Crippen LogP contribution < -0.4 is 10.9 Å². The molecule has 178 valence electrons. The third kappa shape index (κ3) is 4.77. The number of fused-ring (bicyclic) bond motifs is 1. The van der Waals surface area contributed by atoms with E-state index in [1.54, 1.807) is 0 Å². The molecule has 0 fully saturated rings. The standard InChI is InChI=1S/C23H20ClF3N4O3/c1-12(29-20-17(22(33)34)8-15(24)10-28-20)16-7-14(23(25,26)27)11-31-19(32)9-18(30-21(16)31)13-5-3-2-4-6-13/h5,7-12H,2-4,6H2,1H3,(H,28,29)(H,33,34)/t12-/m1/s1. The number of carboxylic acid groups (broad SMARTS) is 1. The SMILES string of the molecule is C[C@@H](Nc1ncc(Cl)cc1C(=O)O)c1cc(C(F)(F)F)cn2c(=O)cc(C3=CCCCC3)nc12. The van der Waals surface area contributed by atoms with E-state index in [9.17, 15) is 27.9 Å². The minimum Gasteiger partial charge on any atom is -0.478 e. The van der Waals surface area contributed by atoms with Crippen LogP contribution in [0, 0.1) is 0 Å². The number of pyridine rings is 2. The highest BCUT2D eigenvalue weighted by molar-refractivity contribution is 6.30. The Morgan fingerprint density at radius 1 is 1.26 bits per heavy atom. The largest absolute Gasteiger partial charge is 0.478 e. The molecule has 0 unspecified atom stereocenters. The summed E-state index contributed by atoms with van der Waals surface area (Å²) in [5, 5.41) is 12.4. The van der Waals surface area contributed by atoms with E-state index in [2.05, 4.69) is 15.3 Å². The number of alkyl halides is 3. The van der Waals surface area contributed by atoms with Gasteiger partial charge < -0.3 is 10.4 Å². The van der Waals surface area contributed by atoms with Gasteiger partial charge in [-0.1, -0.05) is 17.7 Å². The Bertz CT molecular complexity index is 1370. The molecule has 7 nitrogen and oxygen atoms in total. The second kappa shape index (κ2) is 9.09. The molecule has 0 saturated carbocycles. The Morgan fingerprint density at radius 3 is 2.68 bits per heavy atom. The van der Waals surface area contributed by atoms with E-state index in [0.717, 1.165) is 47.9 Å². The Hall–Kier alpha value is -3.40. The fourth-order valence-electron chi connectivity index (χ4n) is 3.94. The third-order valence-electron chi connectivity index (χ3n) is 5.64. The number of allylic oxidation sites excluding steroid dienone is 2. The Kier molecular flexibility index (Phi) is 6.35. The van der Waals surface area contributed by atoms with Crippen molar-refractivity contribution in [3.05, 3.63) is 74.4 Å². The molecule has 0 saturated heterocycles. The smallest absolute Gasteiger partial charge is 0.417 e. The molecule has 3 aromatic heterocycles. The number of hydrogen-bond acceptors (Lipinski definition) is 5. The van der Waals surface area contributed by atoms with Crippen molar-refractivity contribution in [1.29, 1.82) is 0 Å². The summed E-state index contributed by atoms with van der Waals surface area (Å²) in [5.41, 5.74) is -0.486. The maximum absolute atomic E-state index is 13.6. The number of nitrogens with one attached hydrogen (secondary N) is 1. The van der Waals surface area contributed by atoms with Crippen LogP contribution in [0.5, 0.6) is 0 Å². The predicted octanol–water partition coefficient (Wildman–Crippen LogP) is 5.59. The van der Waals surface area contributed by atoms with E-state index in [1.807, 2.05) is 6.08 Å². The highest BCUT2D eigenvalue weighted by Crippen LogP contribution is 2.34. The minimum absolute atomic E-state index is 0.0489. The number of hydrogen-bond donors (Lipinski definition) is 2. The molecule has 3 heterocycles. The maximum atomic E-state index is 13.6. The number of nitrogens with zero attached hydrogens (tertiary/aromatic N) is 3. The monoisotopic (exact) mass is 492 g/mol. The molecule has 3 aromatic rings. The first-order valence-corrected chi connectivity index (χ1v) is 10.9. The number of aromatic carboxylic acids is 1. The lowest BCUT2D eigenvalue weighted by Gasteiger charge is -2.21. The summed E-state index contributed by atoms with van der Waals surface area (Å²) in [7, 11) is 0. The zero-order valence-electron chi connectivity index (χ0n) is 18.0. The van der Waals surface area contributed by atoms with E-state index in [0.29, 0.717) is 5.69 Å². The van der Waals surface area contributed by atoms with Gasteiger partial charge in [0.2, 0.25) is 0 Å². The number of carboxylic acids is 1. The van der Waals surface area contributed by atoms with Crippen molar-refractivity contribution in [2.24, 2.45) is 0 Å². The van der Waals surface area contributed by atoms with Crippen LogP contribution >= 0.6 is 11.6 Å². The van der Waals surface area contributed by atoms with Crippen LogP contribution in [0.25, 0.3) is 11.2 Å². The predicted molar refractivity (Wildman–Crippen MR) is 121 cm³/mol. The van der Waals surface area contributed by atoms with Gasteiger partial charge in [-0.3, -0.25) is 9.20 Å². The first kappa shape index (κ1) is 23.7. The fraction of sp³-hybridized carbons (Fsp3) is 0.304. The molecule has 0 spiro atoms. The van der Waals surface area contributed by atoms with E-state index >= 15 is 0 Å². The summed E-state index contributed by atoms with van der Waals surface area (Å²) in [4.78, 5) is 33.0. The lowest BCUT2D eigenvalue weighted by molar-refractivity contribution is -0.137. The number of halogens is 4. The van der Waals surface area contributed by atoms with Crippen LogP contribution in [0.2, 0.25) is 5.02 Å². The molecule has 11 heteroatoms. The number of aromatic nitrogens is 3. The summed E-state index contributed by atoms with van der Waals surface area (Å²) in [6.07, 6.45) is 2.76. The molecule has 1 atom stereocenters. The van der Waals surface area contributed by atoms with Gasteiger partial charge in [0.15, 0.2) is 0 Å². The number of anilines is 1. The van der Waals surface area contributed by atoms with Gasteiger partial charge in [0.1, 0.15) is 17.0 Å². The first-order chi connectivity index (χ1) is 16.0. The molecule has 2 N–H and O–H groups in total. The Balaban J connectivity index is 1.89. The average Bonchev–Trinajstić information content (AvgIpc) is 2.79. The fourth-order valence-corrected chi connectivity index (χ4v) is 4.09. The van der Waals surface area contributed by atoms with Crippen molar-refractivity contribution in [1.82, 2.24) is 14.4 Å². The molecule has 1 aliphatic rings. The van der Waals surface area contributed by atoms with Crippen LogP contribution in [0.3, 0.4) is 0 Å². The van der Waals surface area contributed by atoms with E-state index < -0.39 is 29.3 Å². The summed E-state index contributed by atoms with van der Waals surface area (Å²) >= 11 is 5.84. The van der Waals surface area contributed by atoms with Crippen LogP contribution in [-0.2, 0) is 6.18 Å². The van der Waals surface area contributed by atoms with Crippen molar-refractivity contribution < 1.29 is 23.1 Å². The van der Waals surface area contributed by atoms with Crippen molar-refractivity contribution in [3.8, 4) is 0 Å². The summed E-state index contributed by atoms with van der Waals surface area (Å²) < 4.78 is 41.8. The lowest BCUT2D eigenvalue weighted by Crippen LogP contribution is -2.22. The van der Waals surface area contributed by atoms with Gasteiger partial charge in [0.25, 0.3) is 5.56 Å². The van der Waals surface area contributed by atoms with Crippen molar-refractivity contribution in [3.63, 3.8) is 0 Å². The maximum Gasteiger partial charge on any atom is 0.417 e. The van der Waals surface area contributed by atoms with Crippen molar-refractivity contribution in [2.45, 2.75) is 44.8 Å². The van der Waals surface area contributed by atoms with Crippen molar-refractivity contribution in [2.75, 3.05) is 5.32 Å². The summed E-state index contributed by atoms with van der Waals surface area (Å²) in [5.74, 6) is -1.38. The third-order valence-corrected chi connectivity index (χ3v) is 5.85. The summed E-state index contributed by atoms with van der Waals surface area (Å²) in [6.45, 7) is 1.54. The van der Waals surface area contributed by atoms with Gasteiger partial charge in [-0.2, -0.15) is 13.2 Å². The second-order valence-corrected chi connectivity index (χ2v) is 8.49. The zero-order valence-corrected chi connectivity index (χ0v) is 18.7. The first-order valence-electron chi connectivity index (χ1n) is 10.5. The average molecular weight is 493 g/mol. The molecule has 0 aromatic carbocycles. The van der Waals surface area contributed by atoms with Crippen LogP contribution in [-0.4, -0.2) is 25.4 Å². The van der Waals surface area contributed by atoms with Gasteiger partial charge >= 0.3 is 12.1 Å². The molecular formula is C23H20ClF3N4O3. The molecule has 0 amide bonds. The van der Waals surface area contributed by atoms with Crippen molar-refractivity contribution >= 4 is 34.6 Å². The Labute approximate surface area is 196 Å². The highest BCUT2D eigenvalue weighted by Gasteiger charge is 2.33. The van der Waals surface area contributed by atoms with Gasteiger partial charge in [-0.25, -0.2) is 14.8 Å². The van der Waals surface area contributed by atoms with Crippen LogP contribution in [0.15, 0.2) is 41.5 Å².